The van der Waals surface area contributed by atoms with Crippen molar-refractivity contribution in [3.05, 3.63) is 57.3 Å². The molecule has 0 aliphatic rings. The van der Waals surface area contributed by atoms with Crippen LogP contribution in [0.1, 0.15) is 31.7 Å². The highest BCUT2D eigenvalue weighted by molar-refractivity contribution is 9.11. The molecule has 0 saturated heterocycles. The van der Waals surface area contributed by atoms with E-state index in [1.807, 2.05) is 30.1 Å². The van der Waals surface area contributed by atoms with Crippen LogP contribution < -0.4 is 0 Å². The predicted octanol–water partition coefficient (Wildman–Crippen LogP) is 5.75. The molecule has 0 aliphatic carbocycles. The first-order chi connectivity index (χ1) is 11.0. The van der Waals surface area contributed by atoms with Gasteiger partial charge in [0, 0.05) is 18.4 Å². The molecule has 0 aromatic heterocycles. The highest BCUT2D eigenvalue weighted by atomic mass is 79.9. The summed E-state index contributed by atoms with van der Waals surface area (Å²) in [5.74, 6) is 5.17. The topological polar surface area (TPSA) is 26.3 Å². The van der Waals surface area contributed by atoms with E-state index < -0.39 is 0 Å². The zero-order valence-corrected chi connectivity index (χ0v) is 16.3. The molecule has 0 heterocycles. The van der Waals surface area contributed by atoms with Crippen LogP contribution in [0, 0.1) is 17.7 Å². The van der Waals surface area contributed by atoms with Crippen LogP contribution in [0.25, 0.3) is 0 Å². The molecule has 0 aliphatic heterocycles. The van der Waals surface area contributed by atoms with Gasteiger partial charge in [0.05, 0.1) is 11.6 Å². The Kier molecular flexibility index (Phi) is 13.4. The van der Waals surface area contributed by atoms with Gasteiger partial charge in [0.1, 0.15) is 5.82 Å². The van der Waals surface area contributed by atoms with Gasteiger partial charge in [-0.2, -0.15) is 0 Å². The Morgan fingerprint density at radius 1 is 1.39 bits per heavy atom. The van der Waals surface area contributed by atoms with Crippen molar-refractivity contribution in [2.45, 2.75) is 26.2 Å². The van der Waals surface area contributed by atoms with Crippen molar-refractivity contribution in [2.75, 3.05) is 7.11 Å². The van der Waals surface area contributed by atoms with Crippen molar-refractivity contribution in [3.63, 3.8) is 0 Å². The van der Waals surface area contributed by atoms with Gasteiger partial charge in [-0.1, -0.05) is 46.0 Å². The Hall–Kier alpha value is -1.38. The highest BCUT2D eigenvalue weighted by Gasteiger charge is 1.98. The second-order valence-corrected chi connectivity index (χ2v) is 5.59. The molecule has 0 radical (unpaired) electrons. The fraction of sp³-hybridized carbons (Fsp3) is 0.278. The zero-order chi connectivity index (χ0) is 17.5. The SMILES string of the molecule is C/C=C/C=C/Br.COC(=O)CCCC#Cc1ccc(Br)c(F)c1. The average Bonchev–Trinajstić information content (AvgIpc) is 2.56. The first kappa shape index (κ1) is 21.6. The van der Waals surface area contributed by atoms with Crippen LogP contribution in [-0.4, -0.2) is 13.1 Å². The Morgan fingerprint density at radius 3 is 2.65 bits per heavy atom. The van der Waals surface area contributed by atoms with E-state index in [0.29, 0.717) is 29.3 Å². The minimum atomic E-state index is -0.327. The molecule has 0 bridgehead atoms. The minimum Gasteiger partial charge on any atom is -0.469 e. The molecule has 0 amide bonds. The maximum Gasteiger partial charge on any atom is 0.305 e. The standard InChI is InChI=1S/C13H12BrFO2.C5H7Br/c1-17-13(16)6-4-2-3-5-10-7-8-11(14)12(15)9-10;1-2-3-4-5-6/h7-9H,2,4,6H2,1H3;2-5H,1H3/b;3-2+,5-4+. The fourth-order valence-electron chi connectivity index (χ4n) is 1.31. The molecular formula is C18H19Br2FO2. The van der Waals surface area contributed by atoms with Crippen molar-refractivity contribution in [3.8, 4) is 11.8 Å². The summed E-state index contributed by atoms with van der Waals surface area (Å²) < 4.78 is 18.1. The highest BCUT2D eigenvalue weighted by Crippen LogP contribution is 2.15. The number of esters is 1. The second-order valence-electron chi connectivity index (χ2n) is 4.20. The number of hydrogen-bond donors (Lipinski definition) is 0. The summed E-state index contributed by atoms with van der Waals surface area (Å²) in [5.41, 5.74) is 0.628. The Bertz CT molecular complexity index is 589. The van der Waals surface area contributed by atoms with Gasteiger partial charge in [-0.25, -0.2) is 4.39 Å². The fourth-order valence-corrected chi connectivity index (χ4v) is 1.74. The van der Waals surface area contributed by atoms with Gasteiger partial charge in [0.25, 0.3) is 0 Å². The van der Waals surface area contributed by atoms with Crippen LogP contribution in [0.2, 0.25) is 0 Å². The van der Waals surface area contributed by atoms with Gasteiger partial charge in [0.2, 0.25) is 0 Å². The molecule has 0 N–H and O–H groups in total. The van der Waals surface area contributed by atoms with Crippen molar-refractivity contribution in [1.82, 2.24) is 0 Å². The van der Waals surface area contributed by atoms with Gasteiger partial charge in [0.15, 0.2) is 0 Å². The molecule has 23 heavy (non-hydrogen) atoms. The smallest absolute Gasteiger partial charge is 0.305 e. The molecule has 0 unspecified atom stereocenters. The van der Waals surface area contributed by atoms with Crippen LogP contribution in [0.3, 0.4) is 0 Å². The number of benzene rings is 1. The number of ether oxygens (including phenoxy) is 1. The Morgan fingerprint density at radius 2 is 2.13 bits per heavy atom. The lowest BCUT2D eigenvalue weighted by molar-refractivity contribution is -0.140. The molecule has 2 nitrogen and oxygen atoms in total. The predicted molar refractivity (Wildman–Crippen MR) is 99.7 cm³/mol. The molecular weight excluding hydrogens is 427 g/mol. The molecule has 0 fully saturated rings. The van der Waals surface area contributed by atoms with Gasteiger partial charge in [-0.3, -0.25) is 4.79 Å². The van der Waals surface area contributed by atoms with Crippen molar-refractivity contribution in [1.29, 1.82) is 0 Å². The second kappa shape index (κ2) is 14.2. The number of rotatable bonds is 4. The summed E-state index contributed by atoms with van der Waals surface area (Å²) in [6.45, 7) is 1.98. The molecule has 1 aromatic carbocycles. The monoisotopic (exact) mass is 444 g/mol. The molecule has 124 valence electrons. The van der Waals surface area contributed by atoms with Gasteiger partial charge in [-0.05, 0) is 52.5 Å². The zero-order valence-electron chi connectivity index (χ0n) is 13.1. The maximum absolute atomic E-state index is 13.1. The lowest BCUT2D eigenvalue weighted by atomic mass is 10.2. The number of carbonyl (C=O) groups is 1. The van der Waals surface area contributed by atoms with E-state index in [2.05, 4.69) is 48.4 Å². The van der Waals surface area contributed by atoms with Crippen LogP contribution in [0.4, 0.5) is 4.39 Å². The first-order valence-corrected chi connectivity index (χ1v) is 8.64. The van der Waals surface area contributed by atoms with Crippen molar-refractivity contribution in [2.24, 2.45) is 0 Å². The Labute approximate surface area is 154 Å². The minimum absolute atomic E-state index is 0.235. The third-order valence-electron chi connectivity index (χ3n) is 2.44. The number of methoxy groups -OCH3 is 1. The van der Waals surface area contributed by atoms with Crippen LogP contribution in [-0.2, 0) is 9.53 Å². The summed E-state index contributed by atoms with van der Waals surface area (Å²) in [5, 5.41) is 0. The van der Waals surface area contributed by atoms with E-state index in [1.54, 1.807) is 12.1 Å². The first-order valence-electron chi connectivity index (χ1n) is 6.94. The van der Waals surface area contributed by atoms with Crippen LogP contribution in [0.15, 0.2) is 45.9 Å². The van der Waals surface area contributed by atoms with E-state index in [4.69, 9.17) is 0 Å². The van der Waals surface area contributed by atoms with E-state index in [9.17, 15) is 9.18 Å². The number of allylic oxidation sites excluding steroid dienone is 3. The normalized spacial score (nSPS) is 9.96. The molecule has 0 spiro atoms. The molecule has 5 heteroatoms. The molecule has 1 aromatic rings. The summed E-state index contributed by atoms with van der Waals surface area (Å²) in [7, 11) is 1.36. The molecule has 0 saturated carbocycles. The largest absolute Gasteiger partial charge is 0.469 e. The van der Waals surface area contributed by atoms with Crippen LogP contribution in [0.5, 0.6) is 0 Å². The van der Waals surface area contributed by atoms with E-state index in [-0.39, 0.29) is 11.8 Å². The number of halogens is 3. The third kappa shape index (κ3) is 11.8. The number of unbranched alkanes of at least 4 members (excludes halogenated alkanes) is 1. The average molecular weight is 446 g/mol. The van der Waals surface area contributed by atoms with Crippen LogP contribution >= 0.6 is 31.9 Å². The molecule has 1 rings (SSSR count). The van der Waals surface area contributed by atoms with Gasteiger partial charge < -0.3 is 4.74 Å². The van der Waals surface area contributed by atoms with Crippen molar-refractivity contribution < 1.29 is 13.9 Å². The molecule has 0 atom stereocenters. The quantitative estimate of drug-likeness (QED) is 0.255. The summed E-state index contributed by atoms with van der Waals surface area (Å²) in [6, 6.07) is 4.73. The lowest BCUT2D eigenvalue weighted by Crippen LogP contribution is -1.98. The van der Waals surface area contributed by atoms with Gasteiger partial charge >= 0.3 is 5.97 Å². The maximum atomic E-state index is 13.1. The third-order valence-corrected chi connectivity index (χ3v) is 3.39. The number of hydrogen-bond acceptors (Lipinski definition) is 2. The summed E-state index contributed by atoms with van der Waals surface area (Å²) >= 11 is 6.19. The number of carbonyl (C=O) groups excluding carboxylic acids is 1. The Balaban J connectivity index is 0.000000688. The van der Waals surface area contributed by atoms with Gasteiger partial charge in [-0.15, -0.1) is 0 Å². The lowest BCUT2D eigenvalue weighted by Gasteiger charge is -1.95. The van der Waals surface area contributed by atoms with Crippen molar-refractivity contribution >= 4 is 37.8 Å². The van der Waals surface area contributed by atoms with E-state index >= 15 is 0 Å². The van der Waals surface area contributed by atoms with E-state index in [1.165, 1.54) is 13.2 Å². The van der Waals surface area contributed by atoms with E-state index in [0.717, 1.165) is 0 Å². The summed E-state index contributed by atoms with van der Waals surface area (Å²) in [4.78, 5) is 12.6. The summed E-state index contributed by atoms with van der Waals surface area (Å²) in [6.07, 6.45) is 7.44.